The Kier molecular flexibility index (Phi) is 8.75. The summed E-state index contributed by atoms with van der Waals surface area (Å²) in [6, 6.07) is 11.9. The molecule has 2 aromatic rings. The lowest BCUT2D eigenvalue weighted by molar-refractivity contribution is -0.128. The molecule has 0 aliphatic heterocycles. The number of hydrogen-bond acceptors (Lipinski definition) is 4. The molecule has 1 amide bonds. The molecular weight excluding hydrogens is 389 g/mol. The quantitative estimate of drug-likeness (QED) is 0.576. The van der Waals surface area contributed by atoms with Crippen LogP contribution in [0, 0.1) is 5.82 Å². The van der Waals surface area contributed by atoms with Gasteiger partial charge in [-0.05, 0) is 30.7 Å². The molecule has 1 atom stereocenters. The predicted octanol–water partition coefficient (Wildman–Crippen LogP) is 4.69. The molecule has 0 aromatic heterocycles. The van der Waals surface area contributed by atoms with E-state index in [1.54, 1.807) is 31.4 Å². The Morgan fingerprint density at radius 2 is 1.96 bits per heavy atom. The molecule has 0 saturated carbocycles. The van der Waals surface area contributed by atoms with Crippen LogP contribution in [-0.2, 0) is 10.5 Å². The van der Waals surface area contributed by atoms with Gasteiger partial charge in [-0.25, -0.2) is 4.39 Å². The van der Waals surface area contributed by atoms with Crippen molar-refractivity contribution in [2.75, 3.05) is 19.4 Å². The molecule has 0 aliphatic carbocycles. The van der Waals surface area contributed by atoms with E-state index in [0.29, 0.717) is 46.6 Å². The molecular formula is C20H23ClFNO3S. The molecule has 0 unspecified atom stereocenters. The zero-order chi connectivity index (χ0) is 19.6. The van der Waals surface area contributed by atoms with Crippen LogP contribution >= 0.6 is 23.4 Å². The number of hydrogen-bond donors (Lipinski definition) is 1. The molecule has 0 spiro atoms. The Balaban J connectivity index is 1.78. The van der Waals surface area contributed by atoms with Gasteiger partial charge in [-0.1, -0.05) is 36.7 Å². The fourth-order valence-electron chi connectivity index (χ4n) is 2.40. The minimum atomic E-state index is -0.604. The fourth-order valence-corrected chi connectivity index (χ4v) is 3.59. The minimum absolute atomic E-state index is 0.187. The van der Waals surface area contributed by atoms with E-state index in [9.17, 15) is 9.18 Å². The van der Waals surface area contributed by atoms with Crippen LogP contribution in [0.3, 0.4) is 0 Å². The van der Waals surface area contributed by atoms with Gasteiger partial charge >= 0.3 is 0 Å². The summed E-state index contributed by atoms with van der Waals surface area (Å²) in [6.45, 7) is 2.34. The first-order chi connectivity index (χ1) is 13.1. The highest BCUT2D eigenvalue weighted by atomic mass is 35.5. The molecule has 1 N–H and O–H groups in total. The van der Waals surface area contributed by atoms with Crippen molar-refractivity contribution in [2.24, 2.45) is 0 Å². The van der Waals surface area contributed by atoms with Gasteiger partial charge in [-0.2, -0.15) is 11.8 Å². The van der Waals surface area contributed by atoms with Crippen molar-refractivity contribution in [1.29, 1.82) is 0 Å². The van der Waals surface area contributed by atoms with Gasteiger partial charge in [0.1, 0.15) is 5.82 Å². The Morgan fingerprint density at radius 1 is 1.22 bits per heavy atom. The van der Waals surface area contributed by atoms with E-state index in [4.69, 9.17) is 21.1 Å². The van der Waals surface area contributed by atoms with E-state index in [2.05, 4.69) is 5.32 Å². The lowest BCUT2D eigenvalue weighted by Gasteiger charge is -2.18. The summed E-state index contributed by atoms with van der Waals surface area (Å²) in [5, 5.41) is 3.27. The first-order valence-corrected chi connectivity index (χ1v) is 10.2. The smallest absolute Gasteiger partial charge is 0.261 e. The van der Waals surface area contributed by atoms with Crippen LogP contribution in [0.4, 0.5) is 4.39 Å². The van der Waals surface area contributed by atoms with Crippen molar-refractivity contribution < 1.29 is 18.7 Å². The van der Waals surface area contributed by atoms with Gasteiger partial charge in [0.15, 0.2) is 17.6 Å². The molecule has 4 nitrogen and oxygen atoms in total. The summed E-state index contributed by atoms with van der Waals surface area (Å²) < 4.78 is 24.8. The molecule has 0 bridgehead atoms. The number of rotatable bonds is 10. The summed E-state index contributed by atoms with van der Waals surface area (Å²) in [5.41, 5.74) is 0.487. The number of amides is 1. The van der Waals surface area contributed by atoms with Gasteiger partial charge in [-0.15, -0.1) is 0 Å². The lowest BCUT2D eigenvalue weighted by atomic mass is 10.2. The largest absolute Gasteiger partial charge is 0.493 e. The fraction of sp³-hybridized carbons (Fsp3) is 0.350. The van der Waals surface area contributed by atoms with E-state index in [-0.39, 0.29) is 11.7 Å². The molecule has 2 aromatic carbocycles. The summed E-state index contributed by atoms with van der Waals surface area (Å²) in [5.74, 6) is 1.72. The molecule has 0 aliphatic rings. The molecule has 2 rings (SSSR count). The number of carbonyl (C=O) groups excluding carboxylic acids is 1. The highest BCUT2D eigenvalue weighted by Crippen LogP contribution is 2.27. The van der Waals surface area contributed by atoms with Crippen molar-refractivity contribution >= 4 is 29.3 Å². The number of thioether (sulfide) groups is 1. The second-order valence-corrected chi connectivity index (χ2v) is 7.22. The highest BCUT2D eigenvalue weighted by Gasteiger charge is 2.19. The second kappa shape index (κ2) is 11.0. The second-order valence-electron chi connectivity index (χ2n) is 5.71. The maximum Gasteiger partial charge on any atom is 0.261 e. The van der Waals surface area contributed by atoms with Crippen molar-refractivity contribution in [3.05, 3.63) is 58.9 Å². The molecule has 0 fully saturated rings. The van der Waals surface area contributed by atoms with Gasteiger partial charge in [0, 0.05) is 28.6 Å². The number of para-hydroxylation sites is 2. The van der Waals surface area contributed by atoms with E-state index in [0.717, 1.165) is 0 Å². The maximum absolute atomic E-state index is 13.7. The predicted molar refractivity (Wildman–Crippen MR) is 108 cm³/mol. The first-order valence-electron chi connectivity index (χ1n) is 8.64. The summed E-state index contributed by atoms with van der Waals surface area (Å²) in [7, 11) is 1.56. The third-order valence-corrected chi connectivity index (χ3v) is 5.19. The molecule has 0 saturated heterocycles. The van der Waals surface area contributed by atoms with Crippen molar-refractivity contribution in [1.82, 2.24) is 5.32 Å². The lowest BCUT2D eigenvalue weighted by Crippen LogP contribution is -2.39. The topological polar surface area (TPSA) is 47.6 Å². The average Bonchev–Trinajstić information content (AvgIpc) is 2.67. The number of benzene rings is 2. The average molecular weight is 412 g/mol. The van der Waals surface area contributed by atoms with E-state index in [1.165, 1.54) is 17.8 Å². The zero-order valence-electron chi connectivity index (χ0n) is 15.3. The van der Waals surface area contributed by atoms with Crippen molar-refractivity contribution in [3.8, 4) is 11.5 Å². The summed E-state index contributed by atoms with van der Waals surface area (Å²) >= 11 is 7.51. The van der Waals surface area contributed by atoms with Gasteiger partial charge in [0.05, 0.1) is 7.11 Å². The Labute approximate surface area is 168 Å². The van der Waals surface area contributed by atoms with Gasteiger partial charge in [-0.3, -0.25) is 4.79 Å². The molecule has 146 valence electrons. The molecule has 0 radical (unpaired) electrons. The maximum atomic E-state index is 13.7. The normalized spacial score (nSPS) is 11.7. The zero-order valence-corrected chi connectivity index (χ0v) is 16.9. The monoisotopic (exact) mass is 411 g/mol. The Hall–Kier alpha value is -1.92. The summed E-state index contributed by atoms with van der Waals surface area (Å²) in [6.07, 6.45) is -0.0747. The Morgan fingerprint density at radius 3 is 2.63 bits per heavy atom. The number of nitrogens with one attached hydrogen (secondary N) is 1. The molecule has 7 heteroatoms. The number of ether oxygens (including phenoxy) is 2. The van der Waals surface area contributed by atoms with Crippen LogP contribution in [0.1, 0.15) is 18.9 Å². The number of halogens is 2. The van der Waals surface area contributed by atoms with Crippen LogP contribution in [0.15, 0.2) is 42.5 Å². The van der Waals surface area contributed by atoms with Crippen LogP contribution < -0.4 is 14.8 Å². The molecule has 0 heterocycles. The van der Waals surface area contributed by atoms with E-state index in [1.807, 2.05) is 19.1 Å². The molecule has 27 heavy (non-hydrogen) atoms. The van der Waals surface area contributed by atoms with Crippen molar-refractivity contribution in [2.45, 2.75) is 25.2 Å². The number of carbonyl (C=O) groups is 1. The van der Waals surface area contributed by atoms with Crippen LogP contribution in [-0.4, -0.2) is 31.4 Å². The third kappa shape index (κ3) is 6.33. The first kappa shape index (κ1) is 21.4. The standard InChI is InChI=1S/C20H23ClFNO3S/c1-3-17(26-19-10-5-4-9-18(19)25-2)20(24)23-11-12-27-13-14-15(21)7-6-8-16(14)22/h4-10,17H,3,11-13H2,1-2H3,(H,23,24)/t17-/m1/s1. The van der Waals surface area contributed by atoms with E-state index < -0.39 is 6.10 Å². The third-order valence-electron chi connectivity index (χ3n) is 3.86. The minimum Gasteiger partial charge on any atom is -0.493 e. The van der Waals surface area contributed by atoms with Crippen LogP contribution in [0.5, 0.6) is 11.5 Å². The van der Waals surface area contributed by atoms with Gasteiger partial charge in [0.25, 0.3) is 5.91 Å². The Bertz CT molecular complexity index is 740. The van der Waals surface area contributed by atoms with Crippen LogP contribution in [0.25, 0.3) is 0 Å². The SMILES string of the molecule is CC[C@@H](Oc1ccccc1OC)C(=O)NCCSCc1c(F)cccc1Cl. The summed E-state index contributed by atoms with van der Waals surface area (Å²) in [4.78, 5) is 12.4. The van der Waals surface area contributed by atoms with Crippen molar-refractivity contribution in [3.63, 3.8) is 0 Å². The van der Waals surface area contributed by atoms with Gasteiger partial charge in [0.2, 0.25) is 0 Å². The number of methoxy groups -OCH3 is 1. The van der Waals surface area contributed by atoms with Gasteiger partial charge < -0.3 is 14.8 Å². The van der Waals surface area contributed by atoms with Crippen LogP contribution in [0.2, 0.25) is 5.02 Å². The highest BCUT2D eigenvalue weighted by molar-refractivity contribution is 7.98. The van der Waals surface area contributed by atoms with E-state index >= 15 is 0 Å².